The van der Waals surface area contributed by atoms with Gasteiger partial charge in [0.25, 0.3) is 0 Å². The number of nitrogens with one attached hydrogen (secondary N) is 3. The first-order valence-corrected chi connectivity index (χ1v) is 9.36. The lowest BCUT2D eigenvalue weighted by molar-refractivity contribution is -0.137. The van der Waals surface area contributed by atoms with Gasteiger partial charge >= 0.3 is 6.18 Å². The summed E-state index contributed by atoms with van der Waals surface area (Å²) in [6.07, 6.45) is -3.97. The third kappa shape index (κ3) is 6.89. The van der Waals surface area contributed by atoms with Crippen molar-refractivity contribution in [2.45, 2.75) is 18.5 Å². The Balaban J connectivity index is 0.00000341. The number of guanidine groups is 1. The average molecular weight is 542 g/mol. The fourth-order valence-corrected chi connectivity index (χ4v) is 3.14. The van der Waals surface area contributed by atoms with Crippen molar-refractivity contribution in [1.29, 1.82) is 0 Å². The van der Waals surface area contributed by atoms with Gasteiger partial charge in [0.1, 0.15) is 0 Å². The van der Waals surface area contributed by atoms with Crippen LogP contribution in [0, 0.1) is 11.8 Å². The minimum atomic E-state index is -4.36. The molecule has 1 aliphatic rings. The first-order valence-electron chi connectivity index (χ1n) is 9.36. The molecular formula is C22H22F3IN4O. The first kappa shape index (κ1) is 24.5. The Morgan fingerprint density at radius 2 is 1.87 bits per heavy atom. The van der Waals surface area contributed by atoms with E-state index in [-0.39, 0.29) is 42.3 Å². The topological polar surface area (TPSA) is 65.5 Å². The SMILES string of the molecule is CN=C(NCC#Cc1ccc(C(F)(F)F)cc1)NCC1CC(=O)Nc2ccccc21.I. The molecule has 1 aliphatic heterocycles. The van der Waals surface area contributed by atoms with Crippen molar-refractivity contribution in [3.8, 4) is 11.8 Å². The summed E-state index contributed by atoms with van der Waals surface area (Å²) in [6.45, 7) is 0.791. The second kappa shape index (κ2) is 11.0. The molecule has 9 heteroatoms. The lowest BCUT2D eigenvalue weighted by atomic mass is 9.90. The van der Waals surface area contributed by atoms with Crippen LogP contribution in [0.15, 0.2) is 53.5 Å². The molecule has 2 aromatic carbocycles. The van der Waals surface area contributed by atoms with E-state index in [1.807, 2.05) is 24.3 Å². The van der Waals surface area contributed by atoms with E-state index >= 15 is 0 Å². The molecule has 1 unspecified atom stereocenters. The maximum Gasteiger partial charge on any atom is 0.416 e. The van der Waals surface area contributed by atoms with Gasteiger partial charge in [0, 0.05) is 37.2 Å². The smallest absolute Gasteiger partial charge is 0.356 e. The Labute approximate surface area is 195 Å². The largest absolute Gasteiger partial charge is 0.416 e. The van der Waals surface area contributed by atoms with E-state index in [1.54, 1.807) is 7.05 Å². The molecule has 1 amide bonds. The van der Waals surface area contributed by atoms with E-state index in [9.17, 15) is 18.0 Å². The summed E-state index contributed by atoms with van der Waals surface area (Å²) in [5, 5.41) is 9.09. The van der Waals surface area contributed by atoms with Gasteiger partial charge in [-0.15, -0.1) is 24.0 Å². The number of alkyl halides is 3. The predicted molar refractivity (Wildman–Crippen MR) is 126 cm³/mol. The van der Waals surface area contributed by atoms with Gasteiger partial charge in [0.05, 0.1) is 12.1 Å². The summed E-state index contributed by atoms with van der Waals surface area (Å²) in [5.41, 5.74) is 1.69. The maximum absolute atomic E-state index is 12.6. The van der Waals surface area contributed by atoms with Gasteiger partial charge in [-0.2, -0.15) is 13.2 Å². The van der Waals surface area contributed by atoms with Gasteiger partial charge in [0.15, 0.2) is 5.96 Å². The Bertz CT molecular complexity index is 994. The zero-order valence-electron chi connectivity index (χ0n) is 16.7. The molecule has 3 N–H and O–H groups in total. The molecule has 1 heterocycles. The van der Waals surface area contributed by atoms with Crippen LogP contribution in [0.5, 0.6) is 0 Å². The molecule has 0 bridgehead atoms. The number of hydrogen-bond donors (Lipinski definition) is 3. The molecule has 5 nitrogen and oxygen atoms in total. The fraction of sp³-hybridized carbons (Fsp3) is 0.273. The number of fused-ring (bicyclic) bond motifs is 1. The van der Waals surface area contributed by atoms with Crippen molar-refractivity contribution in [2.24, 2.45) is 4.99 Å². The molecule has 31 heavy (non-hydrogen) atoms. The number of para-hydroxylation sites is 1. The van der Waals surface area contributed by atoms with E-state index in [0.717, 1.165) is 23.4 Å². The second-order valence-electron chi connectivity index (χ2n) is 6.72. The van der Waals surface area contributed by atoms with E-state index in [0.29, 0.717) is 24.5 Å². The molecule has 0 saturated heterocycles. The third-order valence-electron chi connectivity index (χ3n) is 4.64. The molecule has 0 saturated carbocycles. The highest BCUT2D eigenvalue weighted by Gasteiger charge is 2.29. The number of hydrogen-bond acceptors (Lipinski definition) is 2. The molecule has 0 radical (unpaired) electrons. The monoisotopic (exact) mass is 542 g/mol. The fourth-order valence-electron chi connectivity index (χ4n) is 3.14. The van der Waals surface area contributed by atoms with Crippen LogP contribution < -0.4 is 16.0 Å². The summed E-state index contributed by atoms with van der Waals surface area (Å²) in [7, 11) is 1.63. The van der Waals surface area contributed by atoms with Gasteiger partial charge in [0.2, 0.25) is 5.91 Å². The van der Waals surface area contributed by atoms with Crippen molar-refractivity contribution in [3.05, 3.63) is 65.2 Å². The molecule has 0 aliphatic carbocycles. The molecule has 0 aromatic heterocycles. The second-order valence-corrected chi connectivity index (χ2v) is 6.72. The quantitative estimate of drug-likeness (QED) is 0.238. The van der Waals surface area contributed by atoms with Crippen LogP contribution in [0.1, 0.15) is 29.0 Å². The van der Waals surface area contributed by atoms with Crippen molar-refractivity contribution in [2.75, 3.05) is 25.5 Å². The van der Waals surface area contributed by atoms with Gasteiger partial charge in [-0.1, -0.05) is 30.0 Å². The molecule has 2 aromatic rings. The lowest BCUT2D eigenvalue weighted by Crippen LogP contribution is -2.40. The summed E-state index contributed by atoms with van der Waals surface area (Å²) >= 11 is 0. The minimum Gasteiger partial charge on any atom is -0.356 e. The van der Waals surface area contributed by atoms with Crippen LogP contribution in [0.25, 0.3) is 0 Å². The van der Waals surface area contributed by atoms with Gasteiger partial charge in [-0.3, -0.25) is 9.79 Å². The van der Waals surface area contributed by atoms with Crippen molar-refractivity contribution >= 4 is 41.5 Å². The highest BCUT2D eigenvalue weighted by Crippen LogP contribution is 2.31. The Kier molecular flexibility index (Phi) is 8.74. The van der Waals surface area contributed by atoms with Crippen LogP contribution >= 0.6 is 24.0 Å². The van der Waals surface area contributed by atoms with Crippen LogP contribution in [0.4, 0.5) is 18.9 Å². The van der Waals surface area contributed by atoms with Crippen molar-refractivity contribution in [3.63, 3.8) is 0 Å². The highest BCUT2D eigenvalue weighted by molar-refractivity contribution is 14.0. The predicted octanol–water partition coefficient (Wildman–Crippen LogP) is 3.97. The highest BCUT2D eigenvalue weighted by atomic mass is 127. The molecule has 0 fully saturated rings. The number of aliphatic imine (C=N–C) groups is 1. The molecule has 1 atom stereocenters. The average Bonchev–Trinajstić information content (AvgIpc) is 2.72. The Morgan fingerprint density at radius 3 is 2.55 bits per heavy atom. The van der Waals surface area contributed by atoms with Crippen molar-refractivity contribution < 1.29 is 18.0 Å². The zero-order valence-corrected chi connectivity index (χ0v) is 19.0. The molecular weight excluding hydrogens is 520 g/mol. The van der Waals surface area contributed by atoms with Crippen LogP contribution in [-0.4, -0.2) is 32.0 Å². The van der Waals surface area contributed by atoms with Crippen molar-refractivity contribution in [1.82, 2.24) is 10.6 Å². The zero-order chi connectivity index (χ0) is 21.6. The van der Waals surface area contributed by atoms with E-state index in [4.69, 9.17) is 0 Å². The van der Waals surface area contributed by atoms with E-state index < -0.39 is 11.7 Å². The number of carbonyl (C=O) groups is 1. The first-order chi connectivity index (χ1) is 14.4. The van der Waals surface area contributed by atoms with E-state index in [2.05, 4.69) is 32.8 Å². The van der Waals surface area contributed by atoms with Gasteiger partial charge < -0.3 is 16.0 Å². The minimum absolute atomic E-state index is 0. The standard InChI is InChI=1S/C22H21F3N4O.HI/c1-26-21(27-12-4-5-15-8-10-17(11-9-15)22(23,24)25)28-14-16-13-20(30)29-19-7-3-2-6-18(16)19;/h2-3,6-11,16H,12-14H2,1H3,(H,29,30)(H2,26,27,28);1H. The number of benzene rings is 2. The summed E-state index contributed by atoms with van der Waals surface area (Å²) in [6, 6.07) is 12.4. The third-order valence-corrected chi connectivity index (χ3v) is 4.64. The summed E-state index contributed by atoms with van der Waals surface area (Å²) in [5.74, 6) is 6.20. The number of carbonyl (C=O) groups excluding carboxylic acids is 1. The summed E-state index contributed by atoms with van der Waals surface area (Å²) in [4.78, 5) is 16.0. The summed E-state index contributed by atoms with van der Waals surface area (Å²) < 4.78 is 37.7. The Hall–Kier alpha value is -2.74. The van der Waals surface area contributed by atoms with Crippen LogP contribution in [0.2, 0.25) is 0 Å². The molecule has 3 rings (SSSR count). The van der Waals surface area contributed by atoms with Crippen LogP contribution in [-0.2, 0) is 11.0 Å². The van der Waals surface area contributed by atoms with Crippen LogP contribution in [0.3, 0.4) is 0 Å². The van der Waals surface area contributed by atoms with Gasteiger partial charge in [-0.25, -0.2) is 0 Å². The maximum atomic E-state index is 12.6. The van der Waals surface area contributed by atoms with Gasteiger partial charge in [-0.05, 0) is 35.9 Å². The molecule has 0 spiro atoms. The normalized spacial score (nSPS) is 15.5. The number of amides is 1. The molecule has 164 valence electrons. The van der Waals surface area contributed by atoms with E-state index in [1.165, 1.54) is 12.1 Å². The lowest BCUT2D eigenvalue weighted by Gasteiger charge is -2.26. The number of halogens is 4. The number of anilines is 1. The number of rotatable bonds is 3. The number of nitrogens with zero attached hydrogens (tertiary/aromatic N) is 1. The Morgan fingerprint density at radius 1 is 1.16 bits per heavy atom.